The second-order valence-corrected chi connectivity index (χ2v) is 7.12. The number of amides is 1. The Morgan fingerprint density at radius 3 is 2.88 bits per heavy atom. The number of hydrogen-bond donors (Lipinski definition) is 0. The van der Waals surface area contributed by atoms with Crippen LogP contribution in [0.5, 0.6) is 5.75 Å². The monoisotopic (exact) mass is 371 g/mol. The number of carbonyl (C=O) groups is 1. The standard InChI is InChI=1S/C19H21N3O3S/c1-12-5-6-13(2)17(9-12)24-11-15-10-16(21-25-15)19(23)22(4)14(3)18-20-7-8-26-18/h5-10,14H,11H2,1-4H3. The molecule has 2 heterocycles. The first-order valence-electron chi connectivity index (χ1n) is 8.28. The van der Waals surface area contributed by atoms with Gasteiger partial charge in [-0.25, -0.2) is 4.98 Å². The van der Waals surface area contributed by atoms with Gasteiger partial charge in [0, 0.05) is 24.7 Å². The van der Waals surface area contributed by atoms with Crippen LogP contribution in [0.25, 0.3) is 0 Å². The first-order valence-corrected chi connectivity index (χ1v) is 9.16. The van der Waals surface area contributed by atoms with Crippen molar-refractivity contribution in [2.75, 3.05) is 7.05 Å². The summed E-state index contributed by atoms with van der Waals surface area (Å²) in [6.07, 6.45) is 1.73. The Labute approximate surface area is 156 Å². The van der Waals surface area contributed by atoms with Gasteiger partial charge in [-0.1, -0.05) is 17.3 Å². The summed E-state index contributed by atoms with van der Waals surface area (Å²) in [7, 11) is 1.73. The summed E-state index contributed by atoms with van der Waals surface area (Å²) in [5.74, 6) is 1.09. The van der Waals surface area contributed by atoms with Gasteiger partial charge in [-0.15, -0.1) is 11.3 Å². The maximum atomic E-state index is 12.6. The van der Waals surface area contributed by atoms with Gasteiger partial charge in [0.05, 0.1) is 6.04 Å². The maximum absolute atomic E-state index is 12.6. The minimum atomic E-state index is -0.213. The van der Waals surface area contributed by atoms with Crippen molar-refractivity contribution in [2.24, 2.45) is 0 Å². The summed E-state index contributed by atoms with van der Waals surface area (Å²) in [5.41, 5.74) is 2.43. The molecule has 0 aliphatic rings. The molecule has 0 N–H and O–H groups in total. The van der Waals surface area contributed by atoms with E-state index in [9.17, 15) is 4.79 Å². The zero-order valence-electron chi connectivity index (χ0n) is 15.2. The van der Waals surface area contributed by atoms with E-state index in [0.29, 0.717) is 5.76 Å². The lowest BCUT2D eigenvalue weighted by Gasteiger charge is -2.21. The molecule has 2 aromatic heterocycles. The van der Waals surface area contributed by atoms with Crippen molar-refractivity contribution in [2.45, 2.75) is 33.4 Å². The average Bonchev–Trinajstić information content (AvgIpc) is 3.32. The molecule has 1 aromatic carbocycles. The molecule has 0 aliphatic carbocycles. The lowest BCUT2D eigenvalue weighted by atomic mass is 10.1. The van der Waals surface area contributed by atoms with Crippen molar-refractivity contribution < 1.29 is 14.1 Å². The third-order valence-electron chi connectivity index (χ3n) is 4.20. The molecule has 0 fully saturated rings. The largest absolute Gasteiger partial charge is 0.485 e. The molecule has 0 radical (unpaired) electrons. The molecule has 26 heavy (non-hydrogen) atoms. The number of aryl methyl sites for hydroxylation is 2. The van der Waals surface area contributed by atoms with Crippen LogP contribution in [0.2, 0.25) is 0 Å². The van der Waals surface area contributed by atoms with Crippen LogP contribution in [-0.4, -0.2) is 28.0 Å². The van der Waals surface area contributed by atoms with Gasteiger partial charge in [0.1, 0.15) is 17.4 Å². The van der Waals surface area contributed by atoms with E-state index in [1.807, 2.05) is 44.4 Å². The Bertz CT molecular complexity index is 889. The van der Waals surface area contributed by atoms with Crippen LogP contribution >= 0.6 is 11.3 Å². The molecule has 1 atom stereocenters. The van der Waals surface area contributed by atoms with Crippen molar-refractivity contribution in [1.29, 1.82) is 0 Å². The minimum Gasteiger partial charge on any atom is -0.485 e. The number of rotatable bonds is 6. The highest BCUT2D eigenvalue weighted by Gasteiger charge is 2.23. The van der Waals surface area contributed by atoms with E-state index in [0.717, 1.165) is 21.9 Å². The van der Waals surface area contributed by atoms with Crippen molar-refractivity contribution in [3.8, 4) is 5.75 Å². The van der Waals surface area contributed by atoms with Crippen LogP contribution < -0.4 is 4.74 Å². The molecule has 1 unspecified atom stereocenters. The van der Waals surface area contributed by atoms with Crippen molar-refractivity contribution in [3.05, 3.63) is 63.4 Å². The third kappa shape index (κ3) is 3.94. The Balaban J connectivity index is 1.65. The smallest absolute Gasteiger partial charge is 0.276 e. The van der Waals surface area contributed by atoms with E-state index < -0.39 is 0 Å². The molecule has 0 aliphatic heterocycles. The van der Waals surface area contributed by atoms with Crippen molar-refractivity contribution >= 4 is 17.2 Å². The molecule has 3 aromatic rings. The minimum absolute atomic E-state index is 0.131. The highest BCUT2D eigenvalue weighted by Crippen LogP contribution is 2.23. The van der Waals surface area contributed by atoms with E-state index in [2.05, 4.69) is 10.1 Å². The van der Waals surface area contributed by atoms with Gasteiger partial charge in [0.2, 0.25) is 0 Å². The average molecular weight is 371 g/mol. The molecule has 6 nitrogen and oxygen atoms in total. The number of ether oxygens (including phenoxy) is 1. The van der Waals surface area contributed by atoms with E-state index >= 15 is 0 Å². The van der Waals surface area contributed by atoms with Crippen molar-refractivity contribution in [1.82, 2.24) is 15.0 Å². The molecule has 0 saturated carbocycles. The predicted octanol–water partition coefficient (Wildman–Crippen LogP) is 4.16. The SMILES string of the molecule is Cc1ccc(C)c(OCc2cc(C(=O)N(C)C(C)c3nccs3)no2)c1. The molecule has 0 saturated heterocycles. The summed E-state index contributed by atoms with van der Waals surface area (Å²) in [5, 5.41) is 6.66. The van der Waals surface area contributed by atoms with Crippen LogP contribution in [-0.2, 0) is 6.61 Å². The molecule has 0 bridgehead atoms. The second-order valence-electron chi connectivity index (χ2n) is 6.20. The van der Waals surface area contributed by atoms with E-state index in [-0.39, 0.29) is 24.2 Å². The number of nitrogens with zero attached hydrogens (tertiary/aromatic N) is 3. The van der Waals surface area contributed by atoms with Gasteiger partial charge in [-0.2, -0.15) is 0 Å². The molecule has 0 spiro atoms. The normalized spacial score (nSPS) is 12.0. The summed E-state index contributed by atoms with van der Waals surface area (Å²) in [4.78, 5) is 18.5. The van der Waals surface area contributed by atoms with Crippen LogP contribution in [0.15, 0.2) is 40.4 Å². The van der Waals surface area contributed by atoms with Gasteiger partial charge in [-0.3, -0.25) is 4.79 Å². The summed E-state index contributed by atoms with van der Waals surface area (Å²) < 4.78 is 11.1. The van der Waals surface area contributed by atoms with E-state index in [1.165, 1.54) is 11.3 Å². The second kappa shape index (κ2) is 7.70. The summed E-state index contributed by atoms with van der Waals surface area (Å²) in [6.45, 7) is 6.15. The summed E-state index contributed by atoms with van der Waals surface area (Å²) >= 11 is 1.52. The first-order chi connectivity index (χ1) is 12.5. The van der Waals surface area contributed by atoms with Crippen LogP contribution in [0.4, 0.5) is 0 Å². The fraction of sp³-hybridized carbons (Fsp3) is 0.316. The van der Waals surface area contributed by atoms with Gasteiger partial charge >= 0.3 is 0 Å². The number of hydrogen-bond acceptors (Lipinski definition) is 6. The van der Waals surface area contributed by atoms with Gasteiger partial charge < -0.3 is 14.2 Å². The fourth-order valence-electron chi connectivity index (χ4n) is 2.46. The zero-order valence-corrected chi connectivity index (χ0v) is 16.0. The number of carbonyl (C=O) groups excluding carboxylic acids is 1. The number of thiazole rings is 1. The van der Waals surface area contributed by atoms with E-state index in [1.54, 1.807) is 24.2 Å². The van der Waals surface area contributed by atoms with Crippen LogP contribution in [0, 0.1) is 13.8 Å². The fourth-order valence-corrected chi connectivity index (χ4v) is 3.19. The molecule has 1 amide bonds. The number of aromatic nitrogens is 2. The molecule has 7 heteroatoms. The van der Waals surface area contributed by atoms with E-state index in [4.69, 9.17) is 9.26 Å². The Kier molecular flexibility index (Phi) is 5.37. The maximum Gasteiger partial charge on any atom is 0.276 e. The Morgan fingerprint density at radius 1 is 1.35 bits per heavy atom. The Hall–Kier alpha value is -2.67. The third-order valence-corrected chi connectivity index (χ3v) is 5.15. The quantitative estimate of drug-likeness (QED) is 0.651. The highest BCUT2D eigenvalue weighted by molar-refractivity contribution is 7.09. The van der Waals surface area contributed by atoms with Gasteiger partial charge in [0.15, 0.2) is 11.5 Å². The number of benzene rings is 1. The predicted molar refractivity (Wildman–Crippen MR) is 99.4 cm³/mol. The van der Waals surface area contributed by atoms with Crippen LogP contribution in [0.3, 0.4) is 0 Å². The molecule has 3 rings (SSSR count). The highest BCUT2D eigenvalue weighted by atomic mass is 32.1. The molecular formula is C19H21N3O3S. The lowest BCUT2D eigenvalue weighted by molar-refractivity contribution is 0.0731. The topological polar surface area (TPSA) is 68.5 Å². The molecular weight excluding hydrogens is 350 g/mol. The van der Waals surface area contributed by atoms with Gasteiger partial charge in [0.25, 0.3) is 5.91 Å². The summed E-state index contributed by atoms with van der Waals surface area (Å²) in [6, 6.07) is 7.51. The Morgan fingerprint density at radius 2 is 2.15 bits per heavy atom. The van der Waals surface area contributed by atoms with Crippen molar-refractivity contribution in [3.63, 3.8) is 0 Å². The first kappa shape index (κ1) is 18.1. The zero-order chi connectivity index (χ0) is 18.7. The van der Waals surface area contributed by atoms with Gasteiger partial charge in [-0.05, 0) is 38.0 Å². The lowest BCUT2D eigenvalue weighted by Crippen LogP contribution is -2.29. The van der Waals surface area contributed by atoms with Crippen LogP contribution in [0.1, 0.15) is 45.3 Å². The molecule has 136 valence electrons.